The number of nitrogens with zero attached hydrogens (tertiary/aromatic N) is 2. The standard InChI is InChI=1S/C17H25N3O/c1-12(2)21-15-9-5-8-14-16(15)19-17(18)20(14)11-10-13-6-3-4-7-13/h5,8-9,12-13H,3-4,6-7,10-11H2,1-2H3,(H2,18,19). The van der Waals surface area contributed by atoms with E-state index in [0.717, 1.165) is 29.2 Å². The summed E-state index contributed by atoms with van der Waals surface area (Å²) in [5.41, 5.74) is 8.11. The Balaban J connectivity index is 1.86. The average Bonchev–Trinajstić information content (AvgIpc) is 3.04. The van der Waals surface area contributed by atoms with Crippen molar-refractivity contribution in [3.05, 3.63) is 18.2 Å². The van der Waals surface area contributed by atoms with Gasteiger partial charge in [0.2, 0.25) is 5.95 Å². The van der Waals surface area contributed by atoms with Gasteiger partial charge in [-0.25, -0.2) is 4.98 Å². The summed E-state index contributed by atoms with van der Waals surface area (Å²) < 4.78 is 7.98. The lowest BCUT2D eigenvalue weighted by Gasteiger charge is -2.12. The van der Waals surface area contributed by atoms with E-state index in [1.165, 1.54) is 32.1 Å². The molecule has 0 unspecified atom stereocenters. The monoisotopic (exact) mass is 287 g/mol. The number of imidazole rings is 1. The Kier molecular flexibility index (Phi) is 4.04. The highest BCUT2D eigenvalue weighted by atomic mass is 16.5. The summed E-state index contributed by atoms with van der Waals surface area (Å²) in [5.74, 6) is 2.29. The zero-order valence-corrected chi connectivity index (χ0v) is 13.0. The second kappa shape index (κ2) is 5.96. The van der Waals surface area contributed by atoms with Crippen LogP contribution in [0.4, 0.5) is 5.95 Å². The van der Waals surface area contributed by atoms with Gasteiger partial charge in [0.15, 0.2) is 0 Å². The fraction of sp³-hybridized carbons (Fsp3) is 0.588. The maximum atomic E-state index is 6.13. The summed E-state index contributed by atoms with van der Waals surface area (Å²) in [6.07, 6.45) is 6.85. The number of para-hydroxylation sites is 1. The molecule has 114 valence electrons. The molecular weight excluding hydrogens is 262 g/mol. The number of anilines is 1. The van der Waals surface area contributed by atoms with Crippen LogP contribution in [-0.4, -0.2) is 15.7 Å². The maximum Gasteiger partial charge on any atom is 0.201 e. The first-order valence-electron chi connectivity index (χ1n) is 8.06. The molecule has 1 aromatic heterocycles. The van der Waals surface area contributed by atoms with Crippen LogP contribution in [0.1, 0.15) is 46.0 Å². The van der Waals surface area contributed by atoms with Crippen molar-refractivity contribution >= 4 is 17.0 Å². The van der Waals surface area contributed by atoms with E-state index in [1.807, 2.05) is 26.0 Å². The number of ether oxygens (including phenoxy) is 1. The Morgan fingerprint density at radius 3 is 2.81 bits per heavy atom. The number of hydrogen-bond donors (Lipinski definition) is 1. The van der Waals surface area contributed by atoms with E-state index in [4.69, 9.17) is 10.5 Å². The Bertz CT molecular complexity index is 612. The predicted molar refractivity (Wildman–Crippen MR) is 86.5 cm³/mol. The van der Waals surface area contributed by atoms with Crippen molar-refractivity contribution in [3.8, 4) is 5.75 Å². The molecule has 0 spiro atoms. The van der Waals surface area contributed by atoms with Crippen LogP contribution in [0.15, 0.2) is 18.2 Å². The Labute approximate surface area is 126 Å². The van der Waals surface area contributed by atoms with E-state index in [9.17, 15) is 0 Å². The molecule has 4 nitrogen and oxygen atoms in total. The van der Waals surface area contributed by atoms with Gasteiger partial charge in [-0.2, -0.15) is 0 Å². The smallest absolute Gasteiger partial charge is 0.201 e. The minimum atomic E-state index is 0.139. The van der Waals surface area contributed by atoms with Crippen molar-refractivity contribution in [2.75, 3.05) is 5.73 Å². The van der Waals surface area contributed by atoms with Crippen LogP contribution >= 0.6 is 0 Å². The lowest BCUT2D eigenvalue weighted by molar-refractivity contribution is 0.245. The molecule has 0 atom stereocenters. The molecule has 0 bridgehead atoms. The lowest BCUT2D eigenvalue weighted by atomic mass is 10.0. The van der Waals surface area contributed by atoms with Crippen LogP contribution in [-0.2, 0) is 6.54 Å². The third kappa shape index (κ3) is 2.99. The highest BCUT2D eigenvalue weighted by molar-refractivity contribution is 5.84. The molecule has 2 N–H and O–H groups in total. The molecule has 1 aliphatic carbocycles. The van der Waals surface area contributed by atoms with Gasteiger partial charge in [-0.15, -0.1) is 0 Å². The fourth-order valence-electron chi connectivity index (χ4n) is 3.33. The van der Waals surface area contributed by atoms with Crippen molar-refractivity contribution in [2.45, 2.75) is 58.6 Å². The minimum Gasteiger partial charge on any atom is -0.489 e. The minimum absolute atomic E-state index is 0.139. The Hall–Kier alpha value is -1.71. The summed E-state index contributed by atoms with van der Waals surface area (Å²) in [6.45, 7) is 5.01. The van der Waals surface area contributed by atoms with E-state index in [1.54, 1.807) is 0 Å². The van der Waals surface area contributed by atoms with Gasteiger partial charge in [0.05, 0.1) is 11.6 Å². The third-order valence-electron chi connectivity index (χ3n) is 4.37. The molecule has 0 amide bonds. The molecule has 1 aromatic carbocycles. The average molecular weight is 287 g/mol. The van der Waals surface area contributed by atoms with Gasteiger partial charge in [-0.05, 0) is 38.3 Å². The largest absolute Gasteiger partial charge is 0.489 e. The Morgan fingerprint density at radius 2 is 2.10 bits per heavy atom. The van der Waals surface area contributed by atoms with Crippen LogP contribution < -0.4 is 10.5 Å². The van der Waals surface area contributed by atoms with E-state index in [2.05, 4.69) is 15.6 Å². The predicted octanol–water partition coefficient (Wildman–Crippen LogP) is 3.99. The van der Waals surface area contributed by atoms with Crippen LogP contribution in [0.3, 0.4) is 0 Å². The molecular formula is C17H25N3O. The van der Waals surface area contributed by atoms with Gasteiger partial charge in [-0.1, -0.05) is 31.7 Å². The molecule has 1 aliphatic rings. The first kappa shape index (κ1) is 14.2. The van der Waals surface area contributed by atoms with E-state index in [-0.39, 0.29) is 6.10 Å². The number of rotatable bonds is 5. The number of aryl methyl sites for hydroxylation is 1. The molecule has 4 heteroatoms. The number of nitrogens with two attached hydrogens (primary N) is 1. The molecule has 3 rings (SSSR count). The van der Waals surface area contributed by atoms with Gasteiger partial charge < -0.3 is 15.0 Å². The fourth-order valence-corrected chi connectivity index (χ4v) is 3.33. The molecule has 1 fully saturated rings. The molecule has 0 aliphatic heterocycles. The summed E-state index contributed by atoms with van der Waals surface area (Å²) in [4.78, 5) is 4.53. The number of hydrogen-bond acceptors (Lipinski definition) is 3. The van der Waals surface area contributed by atoms with Crippen LogP contribution in [0.2, 0.25) is 0 Å². The molecule has 1 saturated carbocycles. The van der Waals surface area contributed by atoms with Crippen molar-refractivity contribution in [3.63, 3.8) is 0 Å². The highest BCUT2D eigenvalue weighted by Crippen LogP contribution is 2.31. The van der Waals surface area contributed by atoms with Gasteiger partial charge >= 0.3 is 0 Å². The van der Waals surface area contributed by atoms with Crippen molar-refractivity contribution in [1.82, 2.24) is 9.55 Å². The molecule has 1 heterocycles. The first-order valence-corrected chi connectivity index (χ1v) is 8.06. The second-order valence-electron chi connectivity index (χ2n) is 6.35. The lowest BCUT2D eigenvalue weighted by Crippen LogP contribution is -2.07. The topological polar surface area (TPSA) is 53.1 Å². The van der Waals surface area contributed by atoms with Crippen LogP contribution in [0.25, 0.3) is 11.0 Å². The maximum absolute atomic E-state index is 6.13. The number of fused-ring (bicyclic) bond motifs is 1. The molecule has 2 aromatic rings. The third-order valence-corrected chi connectivity index (χ3v) is 4.37. The van der Waals surface area contributed by atoms with Gasteiger partial charge in [-0.3, -0.25) is 0 Å². The quantitative estimate of drug-likeness (QED) is 0.904. The number of nitrogen functional groups attached to an aromatic ring is 1. The SMILES string of the molecule is CC(C)Oc1cccc2c1nc(N)n2CCC1CCCC1. The second-order valence-corrected chi connectivity index (χ2v) is 6.35. The Morgan fingerprint density at radius 1 is 1.33 bits per heavy atom. The van der Waals surface area contributed by atoms with E-state index < -0.39 is 0 Å². The normalized spacial score (nSPS) is 16.1. The van der Waals surface area contributed by atoms with Gasteiger partial charge in [0.25, 0.3) is 0 Å². The van der Waals surface area contributed by atoms with E-state index >= 15 is 0 Å². The number of benzene rings is 1. The zero-order chi connectivity index (χ0) is 14.8. The van der Waals surface area contributed by atoms with Crippen molar-refractivity contribution < 1.29 is 4.74 Å². The van der Waals surface area contributed by atoms with Gasteiger partial charge in [0, 0.05) is 6.54 Å². The summed E-state index contributed by atoms with van der Waals surface area (Å²) >= 11 is 0. The van der Waals surface area contributed by atoms with Crippen LogP contribution in [0.5, 0.6) is 5.75 Å². The highest BCUT2D eigenvalue weighted by Gasteiger charge is 2.17. The summed E-state index contributed by atoms with van der Waals surface area (Å²) in [7, 11) is 0. The van der Waals surface area contributed by atoms with E-state index in [0.29, 0.717) is 5.95 Å². The first-order chi connectivity index (χ1) is 10.1. The van der Waals surface area contributed by atoms with Crippen LogP contribution in [0, 0.1) is 5.92 Å². The number of aromatic nitrogens is 2. The summed E-state index contributed by atoms with van der Waals surface area (Å²) in [6, 6.07) is 6.07. The molecule has 21 heavy (non-hydrogen) atoms. The molecule has 0 radical (unpaired) electrons. The molecule has 0 saturated heterocycles. The van der Waals surface area contributed by atoms with Crippen molar-refractivity contribution in [1.29, 1.82) is 0 Å². The van der Waals surface area contributed by atoms with Gasteiger partial charge in [0.1, 0.15) is 11.3 Å². The zero-order valence-electron chi connectivity index (χ0n) is 13.0. The van der Waals surface area contributed by atoms with Crippen molar-refractivity contribution in [2.24, 2.45) is 5.92 Å². The summed E-state index contributed by atoms with van der Waals surface area (Å²) in [5, 5.41) is 0.